The Hall–Kier alpha value is -3.02. The zero-order valence-corrected chi connectivity index (χ0v) is 16.4. The van der Waals surface area contributed by atoms with Crippen LogP contribution in [0.1, 0.15) is 34.3 Å². The van der Waals surface area contributed by atoms with Crippen molar-refractivity contribution in [3.05, 3.63) is 71.3 Å². The van der Waals surface area contributed by atoms with Gasteiger partial charge in [0.1, 0.15) is 0 Å². The standard InChI is InChI=1S/C20H16N4O2S2/c21-12-14-6-8-15(9-7-14)13-27-20-24-23-19(28-20)22-18(26)11-10-17(25)16-4-2-1-3-5-16/h1-9H,10-11,13H2,(H,22,23,26). The molecule has 0 fully saturated rings. The Morgan fingerprint density at radius 2 is 1.79 bits per heavy atom. The molecule has 1 amide bonds. The monoisotopic (exact) mass is 408 g/mol. The highest BCUT2D eigenvalue weighted by Gasteiger charge is 2.12. The summed E-state index contributed by atoms with van der Waals surface area (Å²) in [6.07, 6.45) is 0.246. The number of amides is 1. The molecule has 0 aliphatic heterocycles. The van der Waals surface area contributed by atoms with E-state index in [1.54, 1.807) is 36.4 Å². The van der Waals surface area contributed by atoms with Gasteiger partial charge >= 0.3 is 0 Å². The number of anilines is 1. The fourth-order valence-corrected chi connectivity index (χ4v) is 4.04. The van der Waals surface area contributed by atoms with Gasteiger partial charge in [-0.2, -0.15) is 5.26 Å². The lowest BCUT2D eigenvalue weighted by Crippen LogP contribution is -2.13. The van der Waals surface area contributed by atoms with Gasteiger partial charge in [0.2, 0.25) is 11.0 Å². The van der Waals surface area contributed by atoms with Crippen LogP contribution in [0.25, 0.3) is 0 Å². The van der Waals surface area contributed by atoms with E-state index >= 15 is 0 Å². The summed E-state index contributed by atoms with van der Waals surface area (Å²) in [5, 5.41) is 19.9. The minimum Gasteiger partial charge on any atom is -0.300 e. The largest absolute Gasteiger partial charge is 0.300 e. The van der Waals surface area contributed by atoms with E-state index in [-0.39, 0.29) is 24.5 Å². The maximum Gasteiger partial charge on any atom is 0.226 e. The molecule has 0 saturated heterocycles. The first-order chi connectivity index (χ1) is 13.6. The third kappa shape index (κ3) is 5.74. The Bertz CT molecular complexity index is 995. The molecule has 0 bridgehead atoms. The van der Waals surface area contributed by atoms with Crippen LogP contribution in [-0.2, 0) is 10.5 Å². The molecule has 28 heavy (non-hydrogen) atoms. The summed E-state index contributed by atoms with van der Waals surface area (Å²) in [7, 11) is 0. The van der Waals surface area contributed by atoms with Gasteiger partial charge in [0.25, 0.3) is 0 Å². The third-order valence-corrected chi connectivity index (χ3v) is 5.82. The van der Waals surface area contributed by atoms with Crippen molar-refractivity contribution in [2.24, 2.45) is 0 Å². The van der Waals surface area contributed by atoms with Gasteiger partial charge in [-0.15, -0.1) is 10.2 Å². The minimum absolute atomic E-state index is 0.0633. The SMILES string of the molecule is N#Cc1ccc(CSc2nnc(NC(=O)CCC(=O)c3ccccc3)s2)cc1. The number of benzene rings is 2. The van der Waals surface area contributed by atoms with E-state index in [0.717, 1.165) is 9.90 Å². The lowest BCUT2D eigenvalue weighted by atomic mass is 10.1. The summed E-state index contributed by atoms with van der Waals surface area (Å²) in [5.74, 6) is 0.371. The molecule has 1 heterocycles. The zero-order chi connectivity index (χ0) is 19.8. The van der Waals surface area contributed by atoms with E-state index in [1.807, 2.05) is 18.2 Å². The smallest absolute Gasteiger partial charge is 0.226 e. The van der Waals surface area contributed by atoms with Crippen LogP contribution in [0.5, 0.6) is 0 Å². The van der Waals surface area contributed by atoms with Gasteiger partial charge in [-0.3, -0.25) is 9.59 Å². The number of rotatable bonds is 8. The lowest BCUT2D eigenvalue weighted by Gasteiger charge is -2.01. The molecule has 1 N–H and O–H groups in total. The second-order valence-corrected chi connectivity index (χ2v) is 8.01. The maximum absolute atomic E-state index is 12.0. The molecule has 140 valence electrons. The van der Waals surface area contributed by atoms with E-state index in [4.69, 9.17) is 5.26 Å². The highest BCUT2D eigenvalue weighted by Crippen LogP contribution is 2.28. The zero-order valence-electron chi connectivity index (χ0n) is 14.8. The molecule has 6 nitrogen and oxygen atoms in total. The number of Topliss-reactive ketones (excluding diaryl/α,β-unsaturated/α-hetero) is 1. The Labute approximate surface area is 170 Å². The van der Waals surface area contributed by atoms with Crippen LogP contribution >= 0.6 is 23.1 Å². The number of aromatic nitrogens is 2. The van der Waals surface area contributed by atoms with Crippen molar-refractivity contribution < 1.29 is 9.59 Å². The number of ketones is 1. The van der Waals surface area contributed by atoms with Gasteiger partial charge in [-0.1, -0.05) is 65.6 Å². The normalized spacial score (nSPS) is 10.2. The lowest BCUT2D eigenvalue weighted by molar-refractivity contribution is -0.116. The van der Waals surface area contributed by atoms with Gasteiger partial charge in [0, 0.05) is 24.2 Å². The maximum atomic E-state index is 12.0. The molecular formula is C20H16N4O2S2. The number of carbonyl (C=O) groups excluding carboxylic acids is 2. The van der Waals surface area contributed by atoms with Gasteiger partial charge in [0.05, 0.1) is 11.6 Å². The van der Waals surface area contributed by atoms with Crippen molar-refractivity contribution in [3.8, 4) is 6.07 Å². The topological polar surface area (TPSA) is 95.7 Å². The summed E-state index contributed by atoms with van der Waals surface area (Å²) < 4.78 is 0.736. The summed E-state index contributed by atoms with van der Waals surface area (Å²) >= 11 is 2.80. The molecule has 3 aromatic rings. The Morgan fingerprint density at radius 1 is 1.04 bits per heavy atom. The molecule has 0 aliphatic rings. The minimum atomic E-state index is -0.260. The number of carbonyl (C=O) groups is 2. The van der Waals surface area contributed by atoms with Gasteiger partial charge in [-0.05, 0) is 17.7 Å². The summed E-state index contributed by atoms with van der Waals surface area (Å²) in [4.78, 5) is 24.1. The van der Waals surface area contributed by atoms with Crippen molar-refractivity contribution >= 4 is 39.9 Å². The molecule has 0 saturated carbocycles. The Morgan fingerprint density at radius 3 is 2.50 bits per heavy atom. The molecule has 0 radical (unpaired) electrons. The van der Waals surface area contributed by atoms with Crippen LogP contribution < -0.4 is 5.32 Å². The predicted octanol–water partition coefficient (Wildman–Crippen LogP) is 4.30. The molecule has 1 aromatic heterocycles. The van der Waals surface area contributed by atoms with Gasteiger partial charge < -0.3 is 5.32 Å². The first kappa shape index (κ1) is 19.7. The predicted molar refractivity (Wildman–Crippen MR) is 109 cm³/mol. The van der Waals surface area contributed by atoms with Crippen molar-refractivity contribution in [2.45, 2.75) is 22.9 Å². The molecule has 0 atom stereocenters. The van der Waals surface area contributed by atoms with Gasteiger partial charge in [0.15, 0.2) is 10.1 Å². The van der Waals surface area contributed by atoms with E-state index in [0.29, 0.717) is 22.0 Å². The number of nitriles is 1. The fourth-order valence-electron chi connectivity index (χ4n) is 2.32. The average Bonchev–Trinajstić information content (AvgIpc) is 3.18. The fraction of sp³-hybridized carbons (Fsp3) is 0.150. The number of nitrogens with one attached hydrogen (secondary N) is 1. The highest BCUT2D eigenvalue weighted by atomic mass is 32.2. The number of thioether (sulfide) groups is 1. The summed E-state index contributed by atoms with van der Waals surface area (Å²) in [6.45, 7) is 0. The van der Waals surface area contributed by atoms with Crippen molar-refractivity contribution in [1.29, 1.82) is 5.26 Å². The first-order valence-corrected chi connectivity index (χ1v) is 10.3. The Kier molecular flexibility index (Phi) is 6.89. The van der Waals surface area contributed by atoms with E-state index < -0.39 is 0 Å². The van der Waals surface area contributed by atoms with E-state index in [1.165, 1.54) is 23.1 Å². The number of hydrogen-bond donors (Lipinski definition) is 1. The second-order valence-electron chi connectivity index (χ2n) is 5.81. The van der Waals surface area contributed by atoms with Crippen LogP contribution in [0.3, 0.4) is 0 Å². The van der Waals surface area contributed by atoms with Gasteiger partial charge in [-0.25, -0.2) is 0 Å². The molecule has 0 aliphatic carbocycles. The van der Waals surface area contributed by atoms with Crippen LogP contribution in [0, 0.1) is 11.3 Å². The van der Waals surface area contributed by atoms with Crippen molar-refractivity contribution in [1.82, 2.24) is 10.2 Å². The molecule has 8 heteroatoms. The third-order valence-electron chi connectivity index (χ3n) is 3.77. The van der Waals surface area contributed by atoms with Crippen LogP contribution in [0.4, 0.5) is 5.13 Å². The molecular weight excluding hydrogens is 392 g/mol. The molecule has 0 unspecified atom stereocenters. The van der Waals surface area contributed by atoms with Crippen LogP contribution in [0.15, 0.2) is 58.9 Å². The van der Waals surface area contributed by atoms with Crippen molar-refractivity contribution in [3.63, 3.8) is 0 Å². The molecule has 3 rings (SSSR count). The Balaban J connectivity index is 1.45. The number of nitrogens with zero attached hydrogens (tertiary/aromatic N) is 3. The van der Waals surface area contributed by atoms with Crippen LogP contribution in [-0.4, -0.2) is 21.9 Å². The van der Waals surface area contributed by atoms with Crippen molar-refractivity contribution in [2.75, 3.05) is 5.32 Å². The average molecular weight is 409 g/mol. The summed E-state index contributed by atoms with van der Waals surface area (Å²) in [6, 6.07) is 18.4. The molecule has 0 spiro atoms. The van der Waals surface area contributed by atoms with E-state index in [9.17, 15) is 9.59 Å². The summed E-state index contributed by atoms with van der Waals surface area (Å²) in [5.41, 5.74) is 2.30. The van der Waals surface area contributed by atoms with Crippen LogP contribution in [0.2, 0.25) is 0 Å². The quantitative estimate of drug-likeness (QED) is 0.339. The molecule has 2 aromatic carbocycles. The second kappa shape index (κ2) is 9.78. The van der Waals surface area contributed by atoms with E-state index in [2.05, 4.69) is 21.6 Å². The highest BCUT2D eigenvalue weighted by molar-refractivity contribution is 8.00. The first-order valence-electron chi connectivity index (χ1n) is 8.47. The number of hydrogen-bond acceptors (Lipinski definition) is 7.